The van der Waals surface area contributed by atoms with E-state index in [1.807, 2.05) is 84.9 Å². The summed E-state index contributed by atoms with van der Waals surface area (Å²) in [5.74, 6) is -0.313. The maximum absolute atomic E-state index is 18.4. The van der Waals surface area contributed by atoms with Crippen LogP contribution in [0.25, 0.3) is 120 Å². The van der Waals surface area contributed by atoms with Gasteiger partial charge >= 0.3 is 0 Å². The molecule has 1 aromatic heterocycles. The Kier molecular flexibility index (Phi) is 13.0. The highest BCUT2D eigenvalue weighted by Crippen LogP contribution is 2.48. The van der Waals surface area contributed by atoms with E-state index in [1.54, 1.807) is 11.3 Å². The summed E-state index contributed by atoms with van der Waals surface area (Å²) in [7, 11) is 0. The molecule has 5 heteroatoms. The molecule has 0 fully saturated rings. The SMILES string of the molecule is CC1C=CC=CC1c1cc(-c2ccccc2)c(F)c(N(c2ccc3ccc4ccccc4c3c2)c2ccc3c(c2)c2ccccc2c2c4c(sc32)=C[C@@H](N(c2ccc3ccc5ccccc5c3c2)c2cc(-c3ccccc3)cc(-c3ccccc3)c2F)CC=4)c1. The molecule has 2 aliphatic rings. The average Bonchev–Trinajstić information content (AvgIpc) is 1.48. The number of allylic oxidation sites excluding steroid dienone is 4. The number of thiophene rings is 1. The lowest BCUT2D eigenvalue weighted by molar-refractivity contribution is 0.619. The Morgan fingerprint density at radius 2 is 0.911 bits per heavy atom. The molecule has 0 bridgehead atoms. The van der Waals surface area contributed by atoms with Gasteiger partial charge in [0.25, 0.3) is 0 Å². The minimum atomic E-state index is -0.285. The molecule has 17 rings (SSSR count). The van der Waals surface area contributed by atoms with Crippen LogP contribution in [0.5, 0.6) is 0 Å². The standard InChI is InChI=1S/C85H58F2N2S/c1-53-19-11-14-28-67(53)62-46-77(56-24-9-4-10-25-56)84(87)80(48-62)88(63-39-37-59-35-33-57-26-12-15-29-68(57)74(59)49-63)65-41-43-72-78(51-65)70-31-17-18-32-71(70)82-73-44-42-66(52-81(73)90-85(72)82)89(64-40-38-60-36-34-58-27-13-16-30-69(58)75(60)50-64)79-47-61(54-20-5-2-6-21-54)45-76(83(79)86)55-22-7-3-8-23-55/h2-41,43-53,66-67H,42H2,1H3/t53?,66-,67?/m0/s1. The van der Waals surface area contributed by atoms with E-state index in [1.165, 1.54) is 15.3 Å². The topological polar surface area (TPSA) is 6.48 Å². The van der Waals surface area contributed by atoms with Gasteiger partial charge in [-0.05, 0) is 171 Å². The van der Waals surface area contributed by atoms with Gasteiger partial charge in [-0.1, -0.05) is 244 Å². The number of anilines is 5. The Labute approximate surface area is 524 Å². The molecule has 0 aliphatic heterocycles. The van der Waals surface area contributed by atoms with E-state index >= 15 is 8.78 Å². The zero-order valence-electron chi connectivity index (χ0n) is 49.4. The van der Waals surface area contributed by atoms with Crippen LogP contribution in [0, 0.1) is 17.6 Å². The van der Waals surface area contributed by atoms with Crippen LogP contribution in [-0.2, 0) is 0 Å². The van der Waals surface area contributed by atoms with Crippen molar-refractivity contribution in [3.8, 4) is 33.4 Å². The van der Waals surface area contributed by atoms with Gasteiger partial charge in [0.2, 0.25) is 0 Å². The van der Waals surface area contributed by atoms with Gasteiger partial charge in [0, 0.05) is 54.1 Å². The molecule has 2 unspecified atom stereocenters. The molecule has 14 aromatic carbocycles. The van der Waals surface area contributed by atoms with Crippen molar-refractivity contribution in [3.05, 3.63) is 318 Å². The molecule has 0 saturated carbocycles. The number of hydrogen-bond acceptors (Lipinski definition) is 3. The summed E-state index contributed by atoms with van der Waals surface area (Å²) >= 11 is 1.80. The molecule has 0 saturated heterocycles. The molecular formula is C85H58F2N2S. The predicted octanol–water partition coefficient (Wildman–Crippen LogP) is 22.6. The molecule has 2 nitrogen and oxygen atoms in total. The van der Waals surface area contributed by atoms with E-state index in [9.17, 15) is 0 Å². The maximum atomic E-state index is 18.4. The van der Waals surface area contributed by atoms with Gasteiger partial charge < -0.3 is 9.80 Å². The lowest BCUT2D eigenvalue weighted by Gasteiger charge is -2.34. The second-order valence-electron chi connectivity index (χ2n) is 24.1. The van der Waals surface area contributed by atoms with Gasteiger partial charge in [-0.3, -0.25) is 0 Å². The molecule has 3 atom stereocenters. The summed E-state index contributed by atoms with van der Waals surface area (Å²) in [6.45, 7) is 2.24. The zero-order valence-corrected chi connectivity index (χ0v) is 50.2. The van der Waals surface area contributed by atoms with Crippen LogP contribution in [0.2, 0.25) is 0 Å². The highest BCUT2D eigenvalue weighted by atomic mass is 32.1. The van der Waals surface area contributed by atoms with Crippen LogP contribution in [0.15, 0.2) is 291 Å². The summed E-state index contributed by atoms with van der Waals surface area (Å²) < 4.78 is 39.1. The van der Waals surface area contributed by atoms with E-state index < -0.39 is 0 Å². The molecule has 0 radical (unpaired) electrons. The summed E-state index contributed by atoms with van der Waals surface area (Å²) in [6, 6.07) is 92.7. The van der Waals surface area contributed by atoms with Gasteiger partial charge in [0.1, 0.15) is 0 Å². The Morgan fingerprint density at radius 3 is 1.57 bits per heavy atom. The first-order valence-electron chi connectivity index (χ1n) is 31.1. The fourth-order valence-electron chi connectivity index (χ4n) is 14.5. The number of benzene rings is 14. The van der Waals surface area contributed by atoms with Crippen LogP contribution in [0.3, 0.4) is 0 Å². The minimum Gasteiger partial charge on any atom is -0.332 e. The normalized spacial score (nSPS) is 15.4. The monoisotopic (exact) mass is 1180 g/mol. The first kappa shape index (κ1) is 53.5. The molecular weight excluding hydrogens is 1120 g/mol. The summed E-state index contributed by atoms with van der Waals surface area (Å²) in [6.07, 6.45) is 14.1. The van der Waals surface area contributed by atoms with E-state index in [4.69, 9.17) is 0 Å². The third-order valence-corrected chi connectivity index (χ3v) is 20.1. The van der Waals surface area contributed by atoms with Crippen LogP contribution in [0.4, 0.5) is 37.2 Å². The fraction of sp³-hybridized carbons (Fsp3) is 0.0588. The number of fused-ring (bicyclic) bond motifs is 14. The maximum Gasteiger partial charge on any atom is 0.155 e. The third kappa shape index (κ3) is 9.02. The van der Waals surface area contributed by atoms with Crippen molar-refractivity contribution < 1.29 is 8.78 Å². The Morgan fingerprint density at radius 1 is 0.400 bits per heavy atom. The number of rotatable bonds is 10. The van der Waals surface area contributed by atoms with Gasteiger partial charge in [-0.25, -0.2) is 8.78 Å². The summed E-state index contributed by atoms with van der Waals surface area (Å²) in [5.41, 5.74) is 9.38. The van der Waals surface area contributed by atoms with Crippen LogP contribution in [0.1, 0.15) is 24.8 Å². The number of halogens is 2. The second kappa shape index (κ2) is 21.8. The Balaban J connectivity index is 0.884. The van der Waals surface area contributed by atoms with Gasteiger partial charge in [-0.2, -0.15) is 0 Å². The third-order valence-electron chi connectivity index (χ3n) is 18.9. The highest BCUT2D eigenvalue weighted by Gasteiger charge is 2.30. The van der Waals surface area contributed by atoms with Gasteiger partial charge in [-0.15, -0.1) is 11.3 Å². The zero-order chi connectivity index (χ0) is 60.0. The first-order valence-corrected chi connectivity index (χ1v) is 31.9. The van der Waals surface area contributed by atoms with Crippen LogP contribution in [-0.4, -0.2) is 6.04 Å². The van der Waals surface area contributed by atoms with Crippen molar-refractivity contribution in [3.63, 3.8) is 0 Å². The lowest BCUT2D eigenvalue weighted by Crippen LogP contribution is -2.36. The van der Waals surface area contributed by atoms with Crippen LogP contribution < -0.4 is 19.6 Å². The quantitative estimate of drug-likeness (QED) is 0.126. The van der Waals surface area contributed by atoms with Crippen LogP contribution >= 0.6 is 11.3 Å². The van der Waals surface area contributed by atoms with Crippen molar-refractivity contribution in [2.24, 2.45) is 5.92 Å². The molecule has 0 spiro atoms. The van der Waals surface area contributed by atoms with E-state index in [-0.39, 0.29) is 29.5 Å². The van der Waals surface area contributed by atoms with Gasteiger partial charge in [0.05, 0.1) is 17.4 Å². The smallest absolute Gasteiger partial charge is 0.155 e. The fourth-order valence-corrected chi connectivity index (χ4v) is 15.8. The molecule has 428 valence electrons. The second-order valence-corrected chi connectivity index (χ2v) is 25.2. The van der Waals surface area contributed by atoms with E-state index in [0.717, 1.165) is 114 Å². The van der Waals surface area contributed by atoms with E-state index in [0.29, 0.717) is 28.9 Å². The van der Waals surface area contributed by atoms with Crippen molar-refractivity contribution in [2.75, 3.05) is 9.80 Å². The lowest BCUT2D eigenvalue weighted by atomic mass is 9.82. The molecule has 0 amide bonds. The van der Waals surface area contributed by atoms with Crippen molar-refractivity contribution in [1.29, 1.82) is 0 Å². The molecule has 90 heavy (non-hydrogen) atoms. The molecule has 15 aromatic rings. The van der Waals surface area contributed by atoms with Gasteiger partial charge in [0.15, 0.2) is 11.6 Å². The molecule has 1 heterocycles. The average molecular weight is 1180 g/mol. The Hall–Kier alpha value is -10.7. The van der Waals surface area contributed by atoms with Crippen molar-refractivity contribution >= 4 is 127 Å². The molecule has 0 N–H and O–H groups in total. The van der Waals surface area contributed by atoms with E-state index in [2.05, 4.69) is 235 Å². The number of nitrogens with zero attached hydrogens (tertiary/aromatic N) is 2. The van der Waals surface area contributed by atoms with Crippen molar-refractivity contribution in [2.45, 2.75) is 25.3 Å². The van der Waals surface area contributed by atoms with Crippen molar-refractivity contribution in [1.82, 2.24) is 0 Å². The predicted molar refractivity (Wildman–Crippen MR) is 380 cm³/mol. The highest BCUT2D eigenvalue weighted by molar-refractivity contribution is 7.18. The molecule has 2 aliphatic carbocycles. The number of hydrogen-bond donors (Lipinski definition) is 0. The Bertz CT molecular complexity index is 5600. The minimum absolute atomic E-state index is 0.0383. The summed E-state index contributed by atoms with van der Waals surface area (Å²) in [5, 5.41) is 15.9. The first-order chi connectivity index (χ1) is 44.4. The summed E-state index contributed by atoms with van der Waals surface area (Å²) in [4.78, 5) is 4.41. The largest absolute Gasteiger partial charge is 0.332 e.